The van der Waals surface area contributed by atoms with E-state index in [-0.39, 0.29) is 19.1 Å². The average Bonchev–Trinajstić information content (AvgIpc) is 2.14. The molecule has 2 N–H and O–H groups in total. The van der Waals surface area contributed by atoms with Crippen LogP contribution >= 0.6 is 0 Å². The third kappa shape index (κ3) is 6.14. The van der Waals surface area contributed by atoms with E-state index >= 15 is 0 Å². The lowest BCUT2D eigenvalue weighted by Gasteiger charge is -2.32. The largest absolute Gasteiger partial charge is 0.444 e. The highest BCUT2D eigenvalue weighted by atomic mass is 19.3. The first kappa shape index (κ1) is 17.1. The fourth-order valence-electron chi connectivity index (χ4n) is 1.33. The van der Waals surface area contributed by atoms with Gasteiger partial charge in [0.1, 0.15) is 5.60 Å². The van der Waals surface area contributed by atoms with E-state index in [0.717, 1.165) is 0 Å². The molecule has 6 heteroatoms. The molecule has 0 radical (unpaired) electrons. The van der Waals surface area contributed by atoms with Gasteiger partial charge in [0, 0.05) is 25.0 Å². The van der Waals surface area contributed by atoms with Crippen molar-refractivity contribution < 1.29 is 18.3 Å². The van der Waals surface area contributed by atoms with Crippen molar-refractivity contribution in [3.05, 3.63) is 0 Å². The molecule has 0 aliphatic rings. The standard InChI is InChI=1S/C12H24F2N2O2/c1-8(2)16(7-9(6-15)10(13)14)11(17)18-12(3,4)5/h8-10H,6-7,15H2,1-5H3. The summed E-state index contributed by atoms with van der Waals surface area (Å²) in [7, 11) is 0. The lowest BCUT2D eigenvalue weighted by Crippen LogP contribution is -2.46. The van der Waals surface area contributed by atoms with Gasteiger partial charge in [0.2, 0.25) is 6.43 Å². The minimum Gasteiger partial charge on any atom is -0.444 e. The monoisotopic (exact) mass is 266 g/mol. The molecule has 1 atom stereocenters. The summed E-state index contributed by atoms with van der Waals surface area (Å²) in [4.78, 5) is 13.2. The van der Waals surface area contributed by atoms with Crippen molar-refractivity contribution in [2.24, 2.45) is 11.7 Å². The van der Waals surface area contributed by atoms with Crippen LogP contribution in [-0.2, 0) is 4.74 Å². The fourth-order valence-corrected chi connectivity index (χ4v) is 1.33. The van der Waals surface area contributed by atoms with E-state index in [0.29, 0.717) is 0 Å². The molecule has 0 saturated heterocycles. The number of rotatable bonds is 5. The van der Waals surface area contributed by atoms with Gasteiger partial charge >= 0.3 is 6.09 Å². The lowest BCUT2D eigenvalue weighted by atomic mass is 10.1. The predicted octanol–water partition coefficient (Wildman–Crippen LogP) is 2.47. The second-order valence-corrected chi connectivity index (χ2v) is 5.56. The van der Waals surface area contributed by atoms with E-state index in [4.69, 9.17) is 10.5 Å². The molecule has 0 spiro atoms. The Kier molecular flexibility index (Phi) is 6.52. The molecule has 0 aromatic carbocycles. The molecule has 0 aliphatic carbocycles. The van der Waals surface area contributed by atoms with Crippen molar-refractivity contribution in [1.29, 1.82) is 0 Å². The van der Waals surface area contributed by atoms with E-state index in [1.807, 2.05) is 0 Å². The number of carbonyl (C=O) groups is 1. The first-order valence-electron chi connectivity index (χ1n) is 6.06. The zero-order valence-corrected chi connectivity index (χ0v) is 11.7. The van der Waals surface area contributed by atoms with Gasteiger partial charge in [-0.05, 0) is 34.6 Å². The van der Waals surface area contributed by atoms with Gasteiger partial charge in [-0.2, -0.15) is 0 Å². The van der Waals surface area contributed by atoms with Crippen LogP contribution in [0, 0.1) is 5.92 Å². The second kappa shape index (κ2) is 6.87. The predicted molar refractivity (Wildman–Crippen MR) is 66.6 cm³/mol. The second-order valence-electron chi connectivity index (χ2n) is 5.56. The Bertz CT molecular complexity index is 265. The van der Waals surface area contributed by atoms with Gasteiger partial charge < -0.3 is 15.4 Å². The molecule has 0 saturated carbocycles. The molecule has 0 bridgehead atoms. The van der Waals surface area contributed by atoms with Gasteiger partial charge in [0.25, 0.3) is 0 Å². The van der Waals surface area contributed by atoms with E-state index in [1.54, 1.807) is 34.6 Å². The molecular weight excluding hydrogens is 242 g/mol. The van der Waals surface area contributed by atoms with E-state index in [9.17, 15) is 13.6 Å². The normalized spacial score (nSPS) is 13.9. The molecule has 1 amide bonds. The third-order valence-corrected chi connectivity index (χ3v) is 2.34. The number of halogens is 2. The maximum Gasteiger partial charge on any atom is 0.410 e. The van der Waals surface area contributed by atoms with Crippen LogP contribution in [0.4, 0.5) is 13.6 Å². The molecule has 0 rings (SSSR count). The Morgan fingerprint density at radius 3 is 2.11 bits per heavy atom. The molecule has 18 heavy (non-hydrogen) atoms. The molecule has 0 aromatic rings. The molecule has 108 valence electrons. The summed E-state index contributed by atoms with van der Waals surface area (Å²) in [5.74, 6) is -1.03. The van der Waals surface area contributed by atoms with Gasteiger partial charge in [-0.25, -0.2) is 13.6 Å². The quantitative estimate of drug-likeness (QED) is 0.831. The summed E-state index contributed by atoms with van der Waals surface area (Å²) in [5.41, 5.74) is 4.65. The summed E-state index contributed by atoms with van der Waals surface area (Å²) < 4.78 is 30.5. The molecule has 1 unspecified atom stereocenters. The van der Waals surface area contributed by atoms with Gasteiger partial charge in [0.15, 0.2) is 0 Å². The molecule has 0 aromatic heterocycles. The first-order chi connectivity index (χ1) is 8.08. The van der Waals surface area contributed by atoms with E-state index in [2.05, 4.69) is 0 Å². The van der Waals surface area contributed by atoms with Crippen LogP contribution in [0.2, 0.25) is 0 Å². The minimum atomic E-state index is -2.54. The molecule has 0 fully saturated rings. The number of carbonyl (C=O) groups excluding carboxylic acids is 1. The molecular formula is C12H24F2N2O2. The van der Waals surface area contributed by atoms with E-state index < -0.39 is 24.0 Å². The van der Waals surface area contributed by atoms with Gasteiger partial charge in [-0.3, -0.25) is 0 Å². The van der Waals surface area contributed by atoms with Crippen molar-refractivity contribution in [2.45, 2.75) is 52.7 Å². The van der Waals surface area contributed by atoms with Crippen molar-refractivity contribution >= 4 is 6.09 Å². The minimum absolute atomic E-state index is 0.0965. The Morgan fingerprint density at radius 2 is 1.83 bits per heavy atom. The van der Waals surface area contributed by atoms with Gasteiger partial charge in [0.05, 0.1) is 0 Å². The third-order valence-electron chi connectivity index (χ3n) is 2.34. The summed E-state index contributed by atoms with van der Waals surface area (Å²) in [6.45, 7) is 8.45. The highest BCUT2D eigenvalue weighted by Gasteiger charge is 2.29. The summed E-state index contributed by atoms with van der Waals surface area (Å²) in [6, 6.07) is -0.215. The smallest absolute Gasteiger partial charge is 0.410 e. The summed E-state index contributed by atoms with van der Waals surface area (Å²) >= 11 is 0. The van der Waals surface area contributed by atoms with Crippen molar-refractivity contribution in [3.8, 4) is 0 Å². The fraction of sp³-hybridized carbons (Fsp3) is 0.917. The Labute approximate surface area is 107 Å². The van der Waals surface area contributed by atoms with Crippen LogP contribution in [0.25, 0.3) is 0 Å². The van der Waals surface area contributed by atoms with Crippen LogP contribution < -0.4 is 5.73 Å². The number of ether oxygens (including phenoxy) is 1. The highest BCUT2D eigenvalue weighted by molar-refractivity contribution is 5.68. The number of hydrogen-bond donors (Lipinski definition) is 1. The van der Waals surface area contributed by atoms with Crippen LogP contribution in [0.3, 0.4) is 0 Å². The summed E-state index contributed by atoms with van der Waals surface area (Å²) in [5, 5.41) is 0. The Hall–Kier alpha value is -0.910. The van der Waals surface area contributed by atoms with Crippen molar-refractivity contribution in [3.63, 3.8) is 0 Å². The maximum absolute atomic E-state index is 12.7. The molecule has 0 heterocycles. The number of nitrogens with zero attached hydrogens (tertiary/aromatic N) is 1. The first-order valence-corrected chi connectivity index (χ1v) is 6.06. The Balaban J connectivity index is 4.71. The van der Waals surface area contributed by atoms with Crippen LogP contribution in [0.15, 0.2) is 0 Å². The molecule has 0 aliphatic heterocycles. The molecule has 4 nitrogen and oxygen atoms in total. The van der Waals surface area contributed by atoms with Crippen molar-refractivity contribution in [2.75, 3.05) is 13.1 Å². The number of nitrogens with two attached hydrogens (primary N) is 1. The van der Waals surface area contributed by atoms with Crippen LogP contribution in [-0.4, -0.2) is 42.2 Å². The topological polar surface area (TPSA) is 55.6 Å². The average molecular weight is 266 g/mol. The zero-order chi connectivity index (χ0) is 14.5. The van der Waals surface area contributed by atoms with Gasteiger partial charge in [-0.1, -0.05) is 0 Å². The Morgan fingerprint density at radius 1 is 1.33 bits per heavy atom. The van der Waals surface area contributed by atoms with Crippen molar-refractivity contribution in [1.82, 2.24) is 4.90 Å². The summed E-state index contributed by atoms with van der Waals surface area (Å²) in [6.07, 6.45) is -3.13. The lowest BCUT2D eigenvalue weighted by molar-refractivity contribution is 0.00339. The number of hydrogen-bond acceptors (Lipinski definition) is 3. The number of alkyl halides is 2. The van der Waals surface area contributed by atoms with Crippen LogP contribution in [0.1, 0.15) is 34.6 Å². The van der Waals surface area contributed by atoms with Gasteiger partial charge in [-0.15, -0.1) is 0 Å². The van der Waals surface area contributed by atoms with Crippen LogP contribution in [0.5, 0.6) is 0 Å². The number of amides is 1. The SMILES string of the molecule is CC(C)N(CC(CN)C(F)F)C(=O)OC(C)(C)C. The van der Waals surface area contributed by atoms with E-state index in [1.165, 1.54) is 4.90 Å². The highest BCUT2D eigenvalue weighted by Crippen LogP contribution is 2.16. The zero-order valence-electron chi connectivity index (χ0n) is 11.7. The maximum atomic E-state index is 12.7.